The summed E-state index contributed by atoms with van der Waals surface area (Å²) in [7, 11) is 1.60. The van der Waals surface area contributed by atoms with Gasteiger partial charge < -0.3 is 19.4 Å². The lowest BCUT2D eigenvalue weighted by atomic mass is 10.1. The van der Waals surface area contributed by atoms with Crippen LogP contribution in [0.2, 0.25) is 0 Å². The number of aromatic nitrogens is 2. The molecule has 0 aliphatic carbocycles. The minimum Gasteiger partial charge on any atom is -0.497 e. The van der Waals surface area contributed by atoms with E-state index in [1.165, 1.54) is 11.1 Å². The van der Waals surface area contributed by atoms with Crippen molar-refractivity contribution in [2.24, 2.45) is 0 Å². The summed E-state index contributed by atoms with van der Waals surface area (Å²) >= 11 is 0. The molecule has 4 aromatic rings. The molecule has 36 heavy (non-hydrogen) atoms. The van der Waals surface area contributed by atoms with Gasteiger partial charge in [-0.15, -0.1) is 0 Å². The molecule has 6 nitrogen and oxygen atoms in total. The number of carbonyl (C=O) groups is 1. The number of nitrogens with one attached hydrogen (secondary N) is 1. The molecular weight excluding hydrogens is 450 g/mol. The van der Waals surface area contributed by atoms with Crippen LogP contribution >= 0.6 is 0 Å². The Labute approximate surface area is 213 Å². The van der Waals surface area contributed by atoms with Crippen LogP contribution < -0.4 is 14.8 Å². The van der Waals surface area contributed by atoms with E-state index in [1.54, 1.807) is 19.2 Å². The third-order valence-electron chi connectivity index (χ3n) is 6.56. The summed E-state index contributed by atoms with van der Waals surface area (Å²) in [5, 5.41) is 3.00. The zero-order valence-electron chi connectivity index (χ0n) is 21.4. The second kappa shape index (κ2) is 12.2. The number of unbranched alkanes of at least 4 members (excludes halogenated alkanes) is 2. The van der Waals surface area contributed by atoms with Crippen LogP contribution in [0.15, 0.2) is 66.7 Å². The van der Waals surface area contributed by atoms with E-state index >= 15 is 0 Å². The smallest absolute Gasteiger partial charge is 0.251 e. The standard InChI is InChI=1S/C30H35N3O3/c1-22-11-9-16-28(23(22)2)36-20-19-33-27-15-7-6-14-26(27)32-29(33)17-5-4-8-18-31-30(34)24-12-10-13-25(21-24)35-3/h6-7,9-16,21H,4-5,8,17-20H2,1-3H3,(H,31,34). The van der Waals surface area contributed by atoms with Crippen LogP contribution in [0.3, 0.4) is 0 Å². The Morgan fingerprint density at radius 1 is 0.972 bits per heavy atom. The zero-order valence-corrected chi connectivity index (χ0v) is 21.4. The van der Waals surface area contributed by atoms with Gasteiger partial charge in [0.25, 0.3) is 5.91 Å². The van der Waals surface area contributed by atoms with Gasteiger partial charge in [0.05, 0.1) is 24.7 Å². The van der Waals surface area contributed by atoms with Crippen LogP contribution in [-0.2, 0) is 13.0 Å². The van der Waals surface area contributed by atoms with E-state index in [9.17, 15) is 4.79 Å². The van der Waals surface area contributed by atoms with Gasteiger partial charge in [-0.3, -0.25) is 4.79 Å². The molecule has 0 radical (unpaired) electrons. The minimum atomic E-state index is -0.0699. The lowest BCUT2D eigenvalue weighted by molar-refractivity contribution is 0.0952. The lowest BCUT2D eigenvalue weighted by Crippen LogP contribution is -2.24. The molecule has 0 aliphatic heterocycles. The molecule has 6 heteroatoms. The highest BCUT2D eigenvalue weighted by Crippen LogP contribution is 2.22. The molecule has 4 rings (SSSR count). The maximum atomic E-state index is 12.4. The molecular formula is C30H35N3O3. The minimum absolute atomic E-state index is 0.0699. The van der Waals surface area contributed by atoms with Crippen LogP contribution in [0.25, 0.3) is 11.0 Å². The molecule has 0 atom stereocenters. The predicted molar refractivity (Wildman–Crippen MR) is 144 cm³/mol. The van der Waals surface area contributed by atoms with Crippen LogP contribution in [0.1, 0.15) is 46.6 Å². The number of fused-ring (bicyclic) bond motifs is 1. The largest absolute Gasteiger partial charge is 0.497 e. The number of hydrogen-bond donors (Lipinski definition) is 1. The third kappa shape index (κ3) is 6.25. The number of rotatable bonds is 12. The van der Waals surface area contributed by atoms with Crippen molar-refractivity contribution in [1.82, 2.24) is 14.9 Å². The van der Waals surface area contributed by atoms with Crippen molar-refractivity contribution in [3.05, 3.63) is 89.2 Å². The first-order chi connectivity index (χ1) is 17.6. The Balaban J connectivity index is 1.28. The second-order valence-electron chi connectivity index (χ2n) is 9.01. The predicted octanol–water partition coefficient (Wildman–Crippen LogP) is 5.88. The Bertz CT molecular complexity index is 1310. The van der Waals surface area contributed by atoms with Gasteiger partial charge in [0.2, 0.25) is 0 Å². The van der Waals surface area contributed by atoms with Crippen molar-refractivity contribution in [2.75, 3.05) is 20.3 Å². The maximum Gasteiger partial charge on any atom is 0.251 e. The van der Waals surface area contributed by atoms with E-state index in [-0.39, 0.29) is 5.91 Å². The van der Waals surface area contributed by atoms with Gasteiger partial charge in [0.15, 0.2) is 0 Å². The van der Waals surface area contributed by atoms with E-state index in [0.29, 0.717) is 24.5 Å². The average Bonchev–Trinajstić information content (AvgIpc) is 3.25. The number of hydrogen-bond acceptors (Lipinski definition) is 4. The first-order valence-electron chi connectivity index (χ1n) is 12.6. The van der Waals surface area contributed by atoms with Gasteiger partial charge in [-0.1, -0.05) is 36.8 Å². The van der Waals surface area contributed by atoms with E-state index in [2.05, 4.69) is 48.0 Å². The first-order valence-corrected chi connectivity index (χ1v) is 12.6. The van der Waals surface area contributed by atoms with Crippen molar-refractivity contribution in [1.29, 1.82) is 0 Å². The Morgan fingerprint density at radius 2 is 1.81 bits per heavy atom. The number of imidazole rings is 1. The highest BCUT2D eigenvalue weighted by atomic mass is 16.5. The Morgan fingerprint density at radius 3 is 2.67 bits per heavy atom. The van der Waals surface area contributed by atoms with E-state index in [4.69, 9.17) is 14.5 Å². The Hall–Kier alpha value is -3.80. The summed E-state index contributed by atoms with van der Waals surface area (Å²) in [6, 6.07) is 21.7. The molecule has 1 aromatic heterocycles. The van der Waals surface area contributed by atoms with Gasteiger partial charge in [0, 0.05) is 18.5 Å². The molecule has 1 heterocycles. The van der Waals surface area contributed by atoms with Crippen LogP contribution in [0, 0.1) is 13.8 Å². The number of carbonyl (C=O) groups excluding carboxylic acids is 1. The SMILES string of the molecule is COc1cccc(C(=O)NCCCCCc2nc3ccccc3n2CCOc2cccc(C)c2C)c1. The summed E-state index contributed by atoms with van der Waals surface area (Å²) in [6.45, 7) is 6.19. The molecule has 0 spiro atoms. The number of aryl methyl sites for hydroxylation is 2. The summed E-state index contributed by atoms with van der Waals surface area (Å²) in [5.74, 6) is 2.64. The molecule has 0 fully saturated rings. The molecule has 1 N–H and O–H groups in total. The summed E-state index contributed by atoms with van der Waals surface area (Å²) < 4.78 is 13.6. The molecule has 0 bridgehead atoms. The van der Waals surface area contributed by atoms with Gasteiger partial charge >= 0.3 is 0 Å². The molecule has 0 aliphatic rings. The average molecular weight is 486 g/mol. The topological polar surface area (TPSA) is 65.4 Å². The molecule has 188 valence electrons. The zero-order chi connectivity index (χ0) is 25.3. The van der Waals surface area contributed by atoms with Crippen molar-refractivity contribution >= 4 is 16.9 Å². The lowest BCUT2D eigenvalue weighted by Gasteiger charge is -2.13. The van der Waals surface area contributed by atoms with Crippen LogP contribution in [-0.4, -0.2) is 35.7 Å². The normalized spacial score (nSPS) is 11.0. The molecule has 3 aromatic carbocycles. The number of amides is 1. The fourth-order valence-corrected chi connectivity index (χ4v) is 4.35. The van der Waals surface area contributed by atoms with Crippen LogP contribution in [0.4, 0.5) is 0 Å². The Kier molecular flexibility index (Phi) is 8.61. The fraction of sp³-hybridized carbons (Fsp3) is 0.333. The highest BCUT2D eigenvalue weighted by molar-refractivity contribution is 5.94. The summed E-state index contributed by atoms with van der Waals surface area (Å²) in [6.07, 6.45) is 3.84. The van der Waals surface area contributed by atoms with E-state index in [1.807, 2.05) is 30.3 Å². The first kappa shape index (κ1) is 25.3. The van der Waals surface area contributed by atoms with Gasteiger partial charge in [-0.25, -0.2) is 4.98 Å². The fourth-order valence-electron chi connectivity index (χ4n) is 4.35. The number of nitrogens with zero attached hydrogens (tertiary/aromatic N) is 2. The molecule has 1 amide bonds. The summed E-state index contributed by atoms with van der Waals surface area (Å²) in [4.78, 5) is 17.3. The summed E-state index contributed by atoms with van der Waals surface area (Å²) in [5.41, 5.74) is 5.20. The monoisotopic (exact) mass is 485 g/mol. The molecule has 0 saturated carbocycles. The molecule has 0 unspecified atom stereocenters. The van der Waals surface area contributed by atoms with Crippen molar-refractivity contribution in [3.8, 4) is 11.5 Å². The second-order valence-corrected chi connectivity index (χ2v) is 9.01. The molecule has 0 saturated heterocycles. The van der Waals surface area contributed by atoms with Crippen LogP contribution in [0.5, 0.6) is 11.5 Å². The third-order valence-corrected chi connectivity index (χ3v) is 6.56. The van der Waals surface area contributed by atoms with Crippen molar-refractivity contribution < 1.29 is 14.3 Å². The van der Waals surface area contributed by atoms with Gasteiger partial charge in [-0.2, -0.15) is 0 Å². The van der Waals surface area contributed by atoms with E-state index in [0.717, 1.165) is 54.8 Å². The van der Waals surface area contributed by atoms with Gasteiger partial charge in [0.1, 0.15) is 23.9 Å². The number of benzene rings is 3. The maximum absolute atomic E-state index is 12.4. The number of para-hydroxylation sites is 2. The number of methoxy groups -OCH3 is 1. The van der Waals surface area contributed by atoms with Crippen molar-refractivity contribution in [2.45, 2.75) is 46.1 Å². The quantitative estimate of drug-likeness (QED) is 0.254. The highest BCUT2D eigenvalue weighted by Gasteiger charge is 2.11. The van der Waals surface area contributed by atoms with Gasteiger partial charge in [-0.05, 0) is 74.2 Å². The van der Waals surface area contributed by atoms with Crippen molar-refractivity contribution in [3.63, 3.8) is 0 Å². The van der Waals surface area contributed by atoms with E-state index < -0.39 is 0 Å². The number of ether oxygens (including phenoxy) is 2.